The molecular formula is C19H14ClFN4O2S2. The lowest BCUT2D eigenvalue weighted by Crippen LogP contribution is -2.12. The van der Waals surface area contributed by atoms with Crippen molar-refractivity contribution in [2.75, 3.05) is 5.32 Å². The molecule has 29 heavy (non-hydrogen) atoms. The van der Waals surface area contributed by atoms with Gasteiger partial charge in [-0.15, -0.1) is 11.3 Å². The normalized spacial score (nSPS) is 11.1. The number of hydrogen-bond acceptors (Lipinski definition) is 7. The van der Waals surface area contributed by atoms with Gasteiger partial charge in [-0.25, -0.2) is 9.37 Å². The highest BCUT2D eigenvalue weighted by Crippen LogP contribution is 2.30. The highest BCUT2D eigenvalue weighted by Gasteiger charge is 2.12. The second-order valence-corrected chi connectivity index (χ2v) is 8.68. The molecule has 0 saturated heterocycles. The van der Waals surface area contributed by atoms with E-state index in [-0.39, 0.29) is 17.4 Å². The third-order valence-electron chi connectivity index (χ3n) is 3.88. The van der Waals surface area contributed by atoms with E-state index in [0.29, 0.717) is 29.6 Å². The van der Waals surface area contributed by atoms with E-state index in [1.54, 1.807) is 23.1 Å². The van der Waals surface area contributed by atoms with Gasteiger partial charge in [-0.05, 0) is 30.3 Å². The first-order valence-electron chi connectivity index (χ1n) is 8.61. The number of hydrogen-bond donors (Lipinski definition) is 1. The number of nitrogens with one attached hydrogen (secondary N) is 1. The van der Waals surface area contributed by atoms with Crippen LogP contribution in [0.5, 0.6) is 0 Å². The highest BCUT2D eigenvalue weighted by molar-refractivity contribution is 8.00. The van der Waals surface area contributed by atoms with E-state index >= 15 is 0 Å². The summed E-state index contributed by atoms with van der Waals surface area (Å²) < 4.78 is 20.4. The van der Waals surface area contributed by atoms with E-state index in [1.807, 2.05) is 24.3 Å². The van der Waals surface area contributed by atoms with Crippen molar-refractivity contribution in [3.63, 3.8) is 0 Å². The quantitative estimate of drug-likeness (QED) is 0.384. The number of carbonyl (C=O) groups is 1. The molecule has 148 valence electrons. The second-order valence-electron chi connectivity index (χ2n) is 6.02. The summed E-state index contributed by atoms with van der Waals surface area (Å²) in [4.78, 5) is 20.9. The minimum atomic E-state index is -0.535. The van der Waals surface area contributed by atoms with Crippen LogP contribution in [0.1, 0.15) is 18.1 Å². The Balaban J connectivity index is 1.27. The molecule has 0 spiro atoms. The summed E-state index contributed by atoms with van der Waals surface area (Å²) in [6.45, 7) is 0. The van der Waals surface area contributed by atoms with Crippen molar-refractivity contribution >= 4 is 56.5 Å². The van der Waals surface area contributed by atoms with Crippen molar-refractivity contribution in [1.29, 1.82) is 0 Å². The van der Waals surface area contributed by atoms with E-state index < -0.39 is 5.82 Å². The molecular weight excluding hydrogens is 435 g/mol. The molecule has 4 aromatic rings. The largest absolute Gasteiger partial charge is 0.339 e. The van der Waals surface area contributed by atoms with Gasteiger partial charge in [0.05, 0.1) is 21.0 Å². The summed E-state index contributed by atoms with van der Waals surface area (Å²) in [5.41, 5.74) is 1.40. The van der Waals surface area contributed by atoms with Gasteiger partial charge in [-0.3, -0.25) is 4.79 Å². The Kier molecular flexibility index (Phi) is 6.08. The topological polar surface area (TPSA) is 80.9 Å². The van der Waals surface area contributed by atoms with Crippen LogP contribution >= 0.6 is 34.7 Å². The molecule has 0 saturated carbocycles. The second kappa shape index (κ2) is 8.89. The van der Waals surface area contributed by atoms with Gasteiger partial charge >= 0.3 is 0 Å². The number of para-hydroxylation sites is 1. The maximum Gasteiger partial charge on any atom is 0.227 e. The van der Waals surface area contributed by atoms with Crippen molar-refractivity contribution in [3.8, 4) is 0 Å². The number of benzene rings is 2. The maximum atomic E-state index is 13.2. The number of nitrogens with zero attached hydrogens (tertiary/aromatic N) is 3. The van der Waals surface area contributed by atoms with Crippen LogP contribution in [0.4, 0.5) is 10.1 Å². The summed E-state index contributed by atoms with van der Waals surface area (Å²) in [6.07, 6.45) is 0.460. The van der Waals surface area contributed by atoms with Gasteiger partial charge in [0, 0.05) is 18.5 Å². The molecule has 0 bridgehead atoms. The third kappa shape index (κ3) is 5.11. The number of anilines is 1. The minimum absolute atomic E-state index is 0.0463. The van der Waals surface area contributed by atoms with Crippen molar-refractivity contribution in [2.45, 2.75) is 22.9 Å². The zero-order valence-electron chi connectivity index (χ0n) is 14.9. The summed E-state index contributed by atoms with van der Waals surface area (Å²) in [6, 6.07) is 12.0. The fourth-order valence-corrected chi connectivity index (χ4v) is 4.60. The van der Waals surface area contributed by atoms with Gasteiger partial charge in [-0.2, -0.15) is 4.98 Å². The van der Waals surface area contributed by atoms with Crippen LogP contribution < -0.4 is 5.32 Å². The number of thiazole rings is 1. The molecule has 1 N–H and O–H groups in total. The Labute approximate surface area is 178 Å². The summed E-state index contributed by atoms with van der Waals surface area (Å²) in [7, 11) is 0. The van der Waals surface area contributed by atoms with E-state index in [0.717, 1.165) is 14.6 Å². The molecule has 0 unspecified atom stereocenters. The molecule has 4 rings (SSSR count). The summed E-state index contributed by atoms with van der Waals surface area (Å²) in [5.74, 6) is 0.680. The number of rotatable bonds is 7. The number of fused-ring (bicyclic) bond motifs is 1. The molecule has 6 nitrogen and oxygen atoms in total. The van der Waals surface area contributed by atoms with Crippen LogP contribution in [0.3, 0.4) is 0 Å². The standard InChI is InChI=1S/C19H14ClFN4O2S2/c20-12-9-11(5-6-13(12)21)22-17(26)7-8-18-24-16(25-27-18)10-28-19-23-14-3-1-2-4-15(14)29-19/h1-6,9H,7-8,10H2,(H,22,26). The van der Waals surface area contributed by atoms with Crippen molar-refractivity contribution in [2.24, 2.45) is 0 Å². The third-order valence-corrected chi connectivity index (χ3v) is 6.34. The average molecular weight is 449 g/mol. The molecule has 0 aliphatic heterocycles. The Morgan fingerprint density at radius 3 is 2.93 bits per heavy atom. The van der Waals surface area contributed by atoms with Gasteiger partial charge in [0.2, 0.25) is 11.8 Å². The van der Waals surface area contributed by atoms with Crippen LogP contribution in [-0.4, -0.2) is 21.0 Å². The van der Waals surface area contributed by atoms with E-state index in [1.165, 1.54) is 18.2 Å². The molecule has 10 heteroatoms. The van der Waals surface area contributed by atoms with Crippen LogP contribution in [0, 0.1) is 5.82 Å². The number of amides is 1. The molecule has 2 aromatic carbocycles. The lowest BCUT2D eigenvalue weighted by molar-refractivity contribution is -0.116. The molecule has 0 radical (unpaired) electrons. The van der Waals surface area contributed by atoms with Gasteiger partial charge in [0.25, 0.3) is 0 Å². The number of halogens is 2. The minimum Gasteiger partial charge on any atom is -0.339 e. The van der Waals surface area contributed by atoms with Gasteiger partial charge in [-0.1, -0.05) is 40.7 Å². The van der Waals surface area contributed by atoms with E-state index in [9.17, 15) is 9.18 Å². The molecule has 0 atom stereocenters. The number of thioether (sulfide) groups is 1. The Hall–Kier alpha value is -2.49. The smallest absolute Gasteiger partial charge is 0.227 e. The Morgan fingerprint density at radius 1 is 1.24 bits per heavy atom. The van der Waals surface area contributed by atoms with Gasteiger partial charge in [0.1, 0.15) is 5.82 Å². The number of aryl methyl sites for hydroxylation is 1. The molecule has 2 aromatic heterocycles. The maximum absolute atomic E-state index is 13.2. The zero-order valence-corrected chi connectivity index (χ0v) is 17.3. The summed E-state index contributed by atoms with van der Waals surface area (Å²) in [5, 5.41) is 6.56. The number of carbonyl (C=O) groups excluding carboxylic acids is 1. The lowest BCUT2D eigenvalue weighted by atomic mass is 10.2. The van der Waals surface area contributed by atoms with Crippen molar-refractivity contribution in [1.82, 2.24) is 15.1 Å². The predicted molar refractivity (Wildman–Crippen MR) is 112 cm³/mol. The fourth-order valence-electron chi connectivity index (χ4n) is 2.51. The predicted octanol–water partition coefficient (Wildman–Crippen LogP) is 5.34. The Bertz CT molecular complexity index is 1130. The van der Waals surface area contributed by atoms with Crippen LogP contribution in [0.25, 0.3) is 10.2 Å². The van der Waals surface area contributed by atoms with Crippen LogP contribution in [-0.2, 0) is 17.0 Å². The molecule has 0 fully saturated rings. The van der Waals surface area contributed by atoms with E-state index in [4.69, 9.17) is 16.1 Å². The lowest BCUT2D eigenvalue weighted by Gasteiger charge is -2.04. The Morgan fingerprint density at radius 2 is 2.10 bits per heavy atom. The van der Waals surface area contributed by atoms with Crippen molar-refractivity contribution < 1.29 is 13.7 Å². The van der Waals surface area contributed by atoms with Crippen LogP contribution in [0.2, 0.25) is 5.02 Å². The first-order chi connectivity index (χ1) is 14.1. The first kappa shape index (κ1) is 19.8. The van der Waals surface area contributed by atoms with Gasteiger partial charge < -0.3 is 9.84 Å². The summed E-state index contributed by atoms with van der Waals surface area (Å²) >= 11 is 8.87. The average Bonchev–Trinajstić information content (AvgIpc) is 3.34. The molecule has 0 aliphatic carbocycles. The molecule has 0 aliphatic rings. The SMILES string of the molecule is O=C(CCc1nc(CSc2nc3ccccc3s2)no1)Nc1ccc(F)c(Cl)c1. The number of aromatic nitrogens is 3. The molecule has 1 amide bonds. The van der Waals surface area contributed by atoms with Gasteiger partial charge in [0.15, 0.2) is 10.2 Å². The highest BCUT2D eigenvalue weighted by atomic mass is 35.5. The zero-order chi connectivity index (χ0) is 20.2. The monoisotopic (exact) mass is 448 g/mol. The van der Waals surface area contributed by atoms with Crippen LogP contribution in [0.15, 0.2) is 51.3 Å². The molecule has 2 heterocycles. The van der Waals surface area contributed by atoms with Crippen molar-refractivity contribution in [3.05, 3.63) is 65.0 Å². The first-order valence-corrected chi connectivity index (χ1v) is 10.8. The van der Waals surface area contributed by atoms with E-state index in [2.05, 4.69) is 20.4 Å². The fraction of sp³-hybridized carbons (Fsp3) is 0.158.